The van der Waals surface area contributed by atoms with Gasteiger partial charge in [-0.15, -0.1) is 0 Å². The molecule has 0 fully saturated rings. The first kappa shape index (κ1) is 55.3. The summed E-state index contributed by atoms with van der Waals surface area (Å²) in [6.45, 7) is 8.17. The van der Waals surface area contributed by atoms with Gasteiger partial charge in [-0.05, 0) is 85.1 Å². The summed E-state index contributed by atoms with van der Waals surface area (Å²) >= 11 is 0. The number of carbonyl (C=O) groups is 2. The number of rotatable bonds is 37. The molecule has 0 aliphatic heterocycles. The first-order chi connectivity index (χ1) is 26.4. The van der Waals surface area contributed by atoms with Crippen LogP contribution in [0.1, 0.15) is 207 Å². The van der Waals surface area contributed by atoms with Gasteiger partial charge in [0.25, 0.3) is 0 Å². The molecular formula is C44H87N3O7S. The molecule has 2 atom stereocenters. The van der Waals surface area contributed by atoms with Gasteiger partial charge in [0.1, 0.15) is 0 Å². The summed E-state index contributed by atoms with van der Waals surface area (Å²) < 4.78 is 29.7. The third kappa shape index (κ3) is 35.1. The number of hydrogen-bond acceptors (Lipinski definition) is 7. The number of carbonyl (C=O) groups excluding carboxylic acids is 2. The fraction of sp³-hybridized carbons (Fsp3) is 0.864. The molecule has 326 valence electrons. The summed E-state index contributed by atoms with van der Waals surface area (Å²) in [6.07, 6.45) is 42.5. The van der Waals surface area contributed by atoms with Crippen LogP contribution in [0, 0.1) is 0 Å². The molecule has 11 heteroatoms. The van der Waals surface area contributed by atoms with E-state index in [1.165, 1.54) is 116 Å². The van der Waals surface area contributed by atoms with Gasteiger partial charge in [-0.1, -0.05) is 141 Å². The SMILES string of the molecule is CCCCCCCC/C=C\CCCCCCCC(=O)NC(C)C(CO)(NC)C(C)NC(=O)CCCCCCC/C=C\CCCCCCCC.COS(=O)(=O)O. The summed E-state index contributed by atoms with van der Waals surface area (Å²) in [7, 11) is -1.50. The number of hydrogen-bond donors (Lipinski definition) is 5. The van der Waals surface area contributed by atoms with Crippen LogP contribution in [-0.2, 0) is 24.2 Å². The Balaban J connectivity index is 0. The summed E-state index contributed by atoms with van der Waals surface area (Å²) in [4.78, 5) is 25.5. The second kappa shape index (κ2) is 39.1. The van der Waals surface area contributed by atoms with E-state index in [0.29, 0.717) is 12.8 Å². The number of unbranched alkanes of at least 4 members (excludes halogenated alkanes) is 22. The molecule has 0 aromatic carbocycles. The topological polar surface area (TPSA) is 154 Å². The third-order valence-electron chi connectivity index (χ3n) is 10.6. The highest BCUT2D eigenvalue weighted by atomic mass is 32.3. The lowest BCUT2D eigenvalue weighted by atomic mass is 9.84. The average Bonchev–Trinajstić information content (AvgIpc) is 3.15. The van der Waals surface area contributed by atoms with E-state index in [-0.39, 0.29) is 30.5 Å². The maximum atomic E-state index is 12.8. The minimum atomic E-state index is -4.16. The van der Waals surface area contributed by atoms with Gasteiger partial charge in [-0.25, -0.2) is 0 Å². The van der Waals surface area contributed by atoms with Crippen molar-refractivity contribution in [2.75, 3.05) is 20.8 Å². The average molecular weight is 802 g/mol. The first-order valence-corrected chi connectivity index (χ1v) is 23.5. The normalized spacial score (nSPS) is 14.0. The van der Waals surface area contributed by atoms with Crippen molar-refractivity contribution in [2.45, 2.75) is 225 Å². The predicted octanol–water partition coefficient (Wildman–Crippen LogP) is 10.5. The minimum Gasteiger partial charge on any atom is -0.394 e. The fourth-order valence-corrected chi connectivity index (χ4v) is 6.76. The highest BCUT2D eigenvalue weighted by Gasteiger charge is 2.41. The van der Waals surface area contributed by atoms with Gasteiger partial charge in [0, 0.05) is 24.9 Å². The molecular weight excluding hydrogens is 715 g/mol. The van der Waals surface area contributed by atoms with Crippen LogP contribution in [0.2, 0.25) is 0 Å². The fourth-order valence-electron chi connectivity index (χ4n) is 6.76. The molecule has 2 unspecified atom stereocenters. The quantitative estimate of drug-likeness (QED) is 0.0236. The van der Waals surface area contributed by atoms with E-state index in [2.05, 4.69) is 58.3 Å². The van der Waals surface area contributed by atoms with Crippen LogP contribution >= 0.6 is 0 Å². The molecule has 0 saturated carbocycles. The van der Waals surface area contributed by atoms with Crippen molar-refractivity contribution in [3.63, 3.8) is 0 Å². The number of likely N-dealkylation sites (N-methyl/N-ethyl adjacent to an activating group) is 1. The van der Waals surface area contributed by atoms with E-state index in [0.717, 1.165) is 58.5 Å². The molecule has 0 heterocycles. The maximum Gasteiger partial charge on any atom is 0.397 e. The summed E-state index contributed by atoms with van der Waals surface area (Å²) in [5, 5.41) is 19.8. The molecule has 0 radical (unpaired) electrons. The minimum absolute atomic E-state index is 0.00465. The molecule has 0 aliphatic carbocycles. The van der Waals surface area contributed by atoms with Crippen LogP contribution in [0.3, 0.4) is 0 Å². The van der Waals surface area contributed by atoms with Gasteiger partial charge in [-0.3, -0.25) is 18.3 Å². The molecule has 0 bridgehead atoms. The number of nitrogens with one attached hydrogen (secondary N) is 3. The smallest absolute Gasteiger partial charge is 0.394 e. The first-order valence-electron chi connectivity index (χ1n) is 22.1. The number of allylic oxidation sites excluding steroid dienone is 4. The zero-order valence-electron chi connectivity index (χ0n) is 36.3. The van der Waals surface area contributed by atoms with Crippen molar-refractivity contribution >= 4 is 22.2 Å². The van der Waals surface area contributed by atoms with Crippen LogP contribution in [-0.4, -0.2) is 68.3 Å². The zero-order chi connectivity index (χ0) is 41.5. The van der Waals surface area contributed by atoms with Crippen molar-refractivity contribution in [3.05, 3.63) is 24.3 Å². The van der Waals surface area contributed by atoms with Gasteiger partial charge in [0.2, 0.25) is 11.8 Å². The second-order valence-corrected chi connectivity index (χ2v) is 16.5. The van der Waals surface area contributed by atoms with E-state index < -0.39 is 15.9 Å². The molecule has 5 N–H and O–H groups in total. The van der Waals surface area contributed by atoms with Gasteiger partial charge in [0.05, 0.1) is 19.3 Å². The third-order valence-corrected chi connectivity index (χ3v) is 11.0. The van der Waals surface area contributed by atoms with Gasteiger partial charge in [-0.2, -0.15) is 8.42 Å². The monoisotopic (exact) mass is 802 g/mol. The molecule has 55 heavy (non-hydrogen) atoms. The van der Waals surface area contributed by atoms with Crippen molar-refractivity contribution < 1.29 is 31.8 Å². The molecule has 0 rings (SSSR count). The van der Waals surface area contributed by atoms with E-state index in [9.17, 15) is 23.1 Å². The van der Waals surface area contributed by atoms with Crippen LogP contribution in [0.15, 0.2) is 24.3 Å². The molecule has 0 aromatic heterocycles. The van der Waals surface area contributed by atoms with Crippen molar-refractivity contribution in [1.29, 1.82) is 0 Å². The van der Waals surface area contributed by atoms with Crippen LogP contribution in [0.5, 0.6) is 0 Å². The standard InChI is InChI=1S/C43H83N3O3.CH4O4S/c1-6-8-10-12-14-16-18-20-22-24-26-28-30-32-34-36-41(48)45-39(3)43(38-47,44-5)40(4)46-42(49)37-35-33-31-29-27-25-23-21-19-17-15-13-11-9-7-2;1-5-6(2,3)4/h20-23,39-40,44,47H,6-19,24-38H2,1-5H3,(H,45,48)(H,46,49);1H3,(H,2,3,4)/b22-20-,23-21-;. The number of amides is 2. The van der Waals surface area contributed by atoms with Gasteiger partial charge >= 0.3 is 10.4 Å². The Morgan fingerprint density at radius 3 is 1.11 bits per heavy atom. The molecule has 10 nitrogen and oxygen atoms in total. The Kier molecular flexibility index (Phi) is 39.3. The Bertz CT molecular complexity index is 986. The Morgan fingerprint density at radius 1 is 0.582 bits per heavy atom. The van der Waals surface area contributed by atoms with Crippen LogP contribution in [0.4, 0.5) is 0 Å². The van der Waals surface area contributed by atoms with E-state index in [4.69, 9.17) is 4.55 Å². The highest BCUT2D eigenvalue weighted by molar-refractivity contribution is 7.80. The summed E-state index contributed by atoms with van der Waals surface area (Å²) in [5.41, 5.74) is -0.837. The van der Waals surface area contributed by atoms with Crippen LogP contribution in [0.25, 0.3) is 0 Å². The van der Waals surface area contributed by atoms with Crippen molar-refractivity contribution in [3.8, 4) is 0 Å². The summed E-state index contributed by atoms with van der Waals surface area (Å²) in [5.74, 6) is 0.00930. The van der Waals surface area contributed by atoms with Crippen molar-refractivity contribution in [2.24, 2.45) is 0 Å². The molecule has 0 spiro atoms. The lowest BCUT2D eigenvalue weighted by molar-refractivity contribution is -0.123. The van der Waals surface area contributed by atoms with E-state index in [1.54, 1.807) is 7.05 Å². The Hall–Kier alpha value is -1.79. The lowest BCUT2D eigenvalue weighted by Gasteiger charge is -2.42. The van der Waals surface area contributed by atoms with E-state index >= 15 is 0 Å². The number of aliphatic hydroxyl groups excluding tert-OH is 1. The lowest BCUT2D eigenvalue weighted by Crippen LogP contribution is -2.70. The predicted molar refractivity (Wildman–Crippen MR) is 232 cm³/mol. The molecule has 0 aromatic rings. The van der Waals surface area contributed by atoms with Crippen LogP contribution < -0.4 is 16.0 Å². The highest BCUT2D eigenvalue weighted by Crippen LogP contribution is 2.18. The summed E-state index contributed by atoms with van der Waals surface area (Å²) in [6, 6.07) is -0.679. The van der Waals surface area contributed by atoms with Crippen molar-refractivity contribution in [1.82, 2.24) is 16.0 Å². The maximum absolute atomic E-state index is 12.8. The molecule has 0 aliphatic rings. The Labute approximate surface area is 339 Å². The number of aliphatic hydroxyl groups is 1. The molecule has 0 saturated heterocycles. The largest absolute Gasteiger partial charge is 0.397 e. The molecule has 2 amide bonds. The van der Waals surface area contributed by atoms with Gasteiger partial charge < -0.3 is 21.1 Å². The Morgan fingerprint density at radius 2 is 0.855 bits per heavy atom. The zero-order valence-corrected chi connectivity index (χ0v) is 37.1. The van der Waals surface area contributed by atoms with E-state index in [1.807, 2.05) is 13.8 Å². The second-order valence-electron chi connectivity index (χ2n) is 15.3. The van der Waals surface area contributed by atoms with Gasteiger partial charge in [0.15, 0.2) is 0 Å².